The van der Waals surface area contributed by atoms with E-state index in [1.807, 2.05) is 18.2 Å². The van der Waals surface area contributed by atoms with Crippen LogP contribution in [0.25, 0.3) is 0 Å². The molecule has 0 aromatic heterocycles. The molecule has 0 fully saturated rings. The molecule has 5 nitrogen and oxygen atoms in total. The van der Waals surface area contributed by atoms with Gasteiger partial charge in [-0.05, 0) is 47.6 Å². The summed E-state index contributed by atoms with van der Waals surface area (Å²) in [5, 5.41) is 3.10. The van der Waals surface area contributed by atoms with Crippen LogP contribution in [-0.2, 0) is 17.8 Å². The number of nitrogens with zero attached hydrogens (tertiary/aromatic N) is 1. The van der Waals surface area contributed by atoms with Crippen LogP contribution in [0.15, 0.2) is 42.5 Å². The van der Waals surface area contributed by atoms with Crippen molar-refractivity contribution in [2.24, 2.45) is 0 Å². The Hall–Kier alpha value is -2.53. The third-order valence-corrected chi connectivity index (χ3v) is 5.74. The molecule has 2 aromatic carbocycles. The fourth-order valence-electron chi connectivity index (χ4n) is 4.00. The van der Waals surface area contributed by atoms with Gasteiger partial charge in [0.25, 0.3) is 0 Å². The van der Waals surface area contributed by atoms with E-state index >= 15 is 0 Å². The van der Waals surface area contributed by atoms with Crippen LogP contribution in [0.5, 0.6) is 11.5 Å². The van der Waals surface area contributed by atoms with E-state index in [9.17, 15) is 4.79 Å². The lowest BCUT2D eigenvalue weighted by Crippen LogP contribution is -2.38. The molecule has 0 radical (unpaired) electrons. The summed E-state index contributed by atoms with van der Waals surface area (Å²) in [6, 6.07) is 14.5. The first kappa shape index (κ1) is 21.2. The molecular formula is C24H32N2O3. The van der Waals surface area contributed by atoms with Crippen molar-refractivity contribution in [3.05, 3.63) is 59.2 Å². The molecule has 1 N–H and O–H groups in total. The summed E-state index contributed by atoms with van der Waals surface area (Å²) in [6.07, 6.45) is 2.49. The molecule has 3 rings (SSSR count). The molecule has 1 aliphatic rings. The molecule has 1 heterocycles. The maximum absolute atomic E-state index is 12.4. The Labute approximate surface area is 174 Å². The first-order valence-electron chi connectivity index (χ1n) is 10.4. The van der Waals surface area contributed by atoms with E-state index in [2.05, 4.69) is 41.4 Å². The Bertz CT molecular complexity index is 807. The Morgan fingerprint density at radius 3 is 2.45 bits per heavy atom. The van der Waals surface area contributed by atoms with E-state index in [4.69, 9.17) is 9.47 Å². The second-order valence-electron chi connectivity index (χ2n) is 7.57. The Morgan fingerprint density at radius 1 is 1.10 bits per heavy atom. The number of carbonyl (C=O) groups is 1. The van der Waals surface area contributed by atoms with Crippen LogP contribution < -0.4 is 14.8 Å². The molecule has 2 aromatic rings. The highest BCUT2D eigenvalue weighted by molar-refractivity contribution is 5.76. The van der Waals surface area contributed by atoms with Crippen LogP contribution in [0, 0.1) is 0 Å². The van der Waals surface area contributed by atoms with Gasteiger partial charge in [-0.2, -0.15) is 0 Å². The summed E-state index contributed by atoms with van der Waals surface area (Å²) < 4.78 is 10.8. The predicted molar refractivity (Wildman–Crippen MR) is 116 cm³/mol. The summed E-state index contributed by atoms with van der Waals surface area (Å²) in [5.41, 5.74) is 3.83. The molecule has 5 heteroatoms. The summed E-state index contributed by atoms with van der Waals surface area (Å²) in [4.78, 5) is 14.8. The average molecular weight is 397 g/mol. The van der Waals surface area contributed by atoms with Crippen molar-refractivity contribution in [1.82, 2.24) is 10.2 Å². The van der Waals surface area contributed by atoms with Gasteiger partial charge in [0.1, 0.15) is 0 Å². The molecule has 0 saturated heterocycles. The highest BCUT2D eigenvalue weighted by Gasteiger charge is 2.20. The van der Waals surface area contributed by atoms with Crippen LogP contribution in [0.1, 0.15) is 42.4 Å². The molecule has 1 amide bonds. The number of methoxy groups -OCH3 is 2. The lowest BCUT2D eigenvalue weighted by Gasteiger charge is -2.29. The van der Waals surface area contributed by atoms with Gasteiger partial charge in [-0.3, -0.25) is 9.69 Å². The Kier molecular flexibility index (Phi) is 7.53. The largest absolute Gasteiger partial charge is 0.493 e. The molecular weight excluding hydrogens is 364 g/mol. The normalized spacial score (nSPS) is 14.7. The number of hydrogen-bond acceptors (Lipinski definition) is 4. The monoisotopic (exact) mass is 396 g/mol. The zero-order valence-corrected chi connectivity index (χ0v) is 17.7. The van der Waals surface area contributed by atoms with E-state index in [0.29, 0.717) is 13.0 Å². The van der Waals surface area contributed by atoms with Gasteiger partial charge >= 0.3 is 0 Å². The van der Waals surface area contributed by atoms with Crippen LogP contribution in [0.3, 0.4) is 0 Å². The zero-order chi connectivity index (χ0) is 20.6. The highest BCUT2D eigenvalue weighted by Crippen LogP contribution is 2.33. The SMILES string of the molecule is CCC(CC(=O)NCCN1CCc2cc(OC)c(OC)cc2C1)c1ccccc1. The van der Waals surface area contributed by atoms with Crippen molar-refractivity contribution in [3.63, 3.8) is 0 Å². The van der Waals surface area contributed by atoms with Crippen LogP contribution in [0.4, 0.5) is 0 Å². The molecule has 0 bridgehead atoms. The minimum Gasteiger partial charge on any atom is -0.493 e. The van der Waals surface area contributed by atoms with E-state index in [0.717, 1.165) is 44.0 Å². The summed E-state index contributed by atoms with van der Waals surface area (Å²) >= 11 is 0. The lowest BCUT2D eigenvalue weighted by molar-refractivity contribution is -0.121. The maximum atomic E-state index is 12.4. The lowest BCUT2D eigenvalue weighted by atomic mass is 9.93. The number of nitrogens with one attached hydrogen (secondary N) is 1. The Balaban J connectivity index is 1.48. The third kappa shape index (κ3) is 5.51. The molecule has 1 aliphatic heterocycles. The standard InChI is InChI=1S/C24H32N2O3/c1-4-18(19-8-6-5-7-9-19)16-24(27)25-11-13-26-12-10-20-14-22(28-2)23(29-3)15-21(20)17-26/h5-9,14-15,18H,4,10-13,16-17H2,1-3H3,(H,25,27). The number of fused-ring (bicyclic) bond motifs is 1. The van der Waals surface area contributed by atoms with E-state index in [1.54, 1.807) is 14.2 Å². The summed E-state index contributed by atoms with van der Waals surface area (Å²) in [5.74, 6) is 1.97. The number of amides is 1. The minimum atomic E-state index is 0.129. The second-order valence-corrected chi connectivity index (χ2v) is 7.57. The van der Waals surface area contributed by atoms with E-state index in [-0.39, 0.29) is 11.8 Å². The van der Waals surface area contributed by atoms with Crippen LogP contribution >= 0.6 is 0 Å². The first-order valence-corrected chi connectivity index (χ1v) is 10.4. The van der Waals surface area contributed by atoms with Crippen molar-refractivity contribution in [1.29, 1.82) is 0 Å². The summed E-state index contributed by atoms with van der Waals surface area (Å²) in [7, 11) is 3.34. The van der Waals surface area contributed by atoms with Crippen LogP contribution in [0.2, 0.25) is 0 Å². The Morgan fingerprint density at radius 2 is 1.79 bits per heavy atom. The van der Waals surface area contributed by atoms with E-state index in [1.165, 1.54) is 16.7 Å². The van der Waals surface area contributed by atoms with Gasteiger partial charge in [-0.15, -0.1) is 0 Å². The van der Waals surface area contributed by atoms with Crippen molar-refractivity contribution < 1.29 is 14.3 Å². The third-order valence-electron chi connectivity index (χ3n) is 5.74. The van der Waals surface area contributed by atoms with Crippen molar-refractivity contribution in [2.75, 3.05) is 33.9 Å². The smallest absolute Gasteiger partial charge is 0.220 e. The zero-order valence-electron chi connectivity index (χ0n) is 17.7. The number of rotatable bonds is 9. The molecule has 29 heavy (non-hydrogen) atoms. The van der Waals surface area contributed by atoms with Gasteiger partial charge in [0.2, 0.25) is 5.91 Å². The van der Waals surface area contributed by atoms with E-state index < -0.39 is 0 Å². The van der Waals surface area contributed by atoms with Crippen molar-refractivity contribution in [3.8, 4) is 11.5 Å². The van der Waals surface area contributed by atoms with Crippen molar-refractivity contribution in [2.45, 2.75) is 38.6 Å². The molecule has 1 atom stereocenters. The van der Waals surface area contributed by atoms with Gasteiger partial charge in [0, 0.05) is 32.6 Å². The van der Waals surface area contributed by atoms with Gasteiger partial charge in [0.05, 0.1) is 14.2 Å². The molecule has 156 valence electrons. The summed E-state index contributed by atoms with van der Waals surface area (Å²) in [6.45, 7) is 5.51. The number of carbonyl (C=O) groups excluding carboxylic acids is 1. The molecule has 0 saturated carbocycles. The fourth-order valence-corrected chi connectivity index (χ4v) is 4.00. The molecule has 0 spiro atoms. The predicted octanol–water partition coefficient (Wildman–Crippen LogP) is 3.76. The highest BCUT2D eigenvalue weighted by atomic mass is 16.5. The number of hydrogen-bond donors (Lipinski definition) is 1. The van der Waals surface area contributed by atoms with Crippen LogP contribution in [-0.4, -0.2) is 44.7 Å². The molecule has 1 unspecified atom stereocenters. The van der Waals surface area contributed by atoms with Gasteiger partial charge in [0.15, 0.2) is 11.5 Å². The second kappa shape index (κ2) is 10.3. The molecule has 0 aliphatic carbocycles. The van der Waals surface area contributed by atoms with Gasteiger partial charge < -0.3 is 14.8 Å². The average Bonchev–Trinajstić information content (AvgIpc) is 2.77. The maximum Gasteiger partial charge on any atom is 0.220 e. The van der Waals surface area contributed by atoms with Crippen molar-refractivity contribution >= 4 is 5.91 Å². The first-order chi connectivity index (χ1) is 14.1. The topological polar surface area (TPSA) is 50.8 Å². The number of benzene rings is 2. The quantitative estimate of drug-likeness (QED) is 0.701. The van der Waals surface area contributed by atoms with Gasteiger partial charge in [-0.25, -0.2) is 0 Å². The van der Waals surface area contributed by atoms with Gasteiger partial charge in [-0.1, -0.05) is 37.3 Å². The number of ether oxygens (including phenoxy) is 2. The fraction of sp³-hybridized carbons (Fsp3) is 0.458. The minimum absolute atomic E-state index is 0.129.